The van der Waals surface area contributed by atoms with Gasteiger partial charge in [-0.2, -0.15) is 0 Å². The maximum Gasteiger partial charge on any atom is 0.230 e. The second kappa shape index (κ2) is 10.8. The summed E-state index contributed by atoms with van der Waals surface area (Å²) in [6.45, 7) is 3.79. The number of aliphatic hydroxyl groups excluding tert-OH is 2. The Labute approximate surface area is 257 Å². The van der Waals surface area contributed by atoms with E-state index in [0.29, 0.717) is 16.4 Å². The van der Waals surface area contributed by atoms with E-state index in [1.807, 2.05) is 13.8 Å². The van der Waals surface area contributed by atoms with Crippen molar-refractivity contribution in [2.45, 2.75) is 31.9 Å². The molecule has 6 rings (SSSR count). The van der Waals surface area contributed by atoms with E-state index in [0.717, 1.165) is 5.56 Å². The molecule has 10 nitrogen and oxygen atoms in total. The fraction of sp³-hybridized carbons (Fsp3) is 0.375. The molecule has 8 atom stereocenters. The number of benzene rings is 2. The van der Waals surface area contributed by atoms with Crippen LogP contribution in [0.15, 0.2) is 47.4 Å². The summed E-state index contributed by atoms with van der Waals surface area (Å²) in [5.74, 6) is -8.13. The highest BCUT2D eigenvalue weighted by Gasteiger charge is 2.62. The van der Waals surface area contributed by atoms with E-state index in [-0.39, 0.29) is 40.2 Å². The molecule has 3 aromatic rings. The number of allylic oxidation sites excluding steroid dienone is 1. The van der Waals surface area contributed by atoms with Crippen molar-refractivity contribution in [3.05, 3.63) is 64.3 Å². The number of thiazole rings is 1. The molecule has 2 aromatic carbocycles. The Hall–Kier alpha value is -4.13. The summed E-state index contributed by atoms with van der Waals surface area (Å²) in [5.41, 5.74) is 7.85. The van der Waals surface area contributed by atoms with Gasteiger partial charge in [-0.05, 0) is 67.7 Å². The number of rotatable bonds is 5. The highest BCUT2D eigenvalue weighted by atomic mass is 32.1. The molecule has 3 aliphatic rings. The van der Waals surface area contributed by atoms with Crippen molar-refractivity contribution in [2.75, 3.05) is 19.4 Å². The number of fused-ring (bicyclic) bond motifs is 3. The van der Waals surface area contributed by atoms with Gasteiger partial charge in [-0.1, -0.05) is 19.9 Å². The van der Waals surface area contributed by atoms with Gasteiger partial charge in [0, 0.05) is 28.5 Å². The summed E-state index contributed by atoms with van der Waals surface area (Å²) in [6.07, 6.45) is -1.39. The molecule has 3 aliphatic carbocycles. The van der Waals surface area contributed by atoms with Crippen molar-refractivity contribution in [3.63, 3.8) is 0 Å². The van der Waals surface area contributed by atoms with E-state index in [4.69, 9.17) is 5.73 Å². The number of aliphatic hydroxyl groups is 2. The topological polar surface area (TPSA) is 166 Å². The van der Waals surface area contributed by atoms with Gasteiger partial charge in [0.1, 0.15) is 23.2 Å². The first-order valence-corrected chi connectivity index (χ1v) is 15.2. The number of amides is 1. The van der Waals surface area contributed by atoms with Crippen LogP contribution in [0.3, 0.4) is 0 Å². The quantitative estimate of drug-likeness (QED) is 0.211. The molecular weight excluding hydrogens is 587 g/mol. The van der Waals surface area contributed by atoms with Crippen LogP contribution in [0.2, 0.25) is 0 Å². The smallest absolute Gasteiger partial charge is 0.230 e. The van der Waals surface area contributed by atoms with E-state index >= 15 is 0 Å². The Morgan fingerprint density at radius 2 is 1.77 bits per heavy atom. The van der Waals surface area contributed by atoms with Crippen molar-refractivity contribution < 1.29 is 34.1 Å². The molecule has 2 saturated carbocycles. The Balaban J connectivity index is 1.40. The van der Waals surface area contributed by atoms with E-state index in [1.54, 1.807) is 48.6 Å². The number of aromatic hydroxyl groups is 1. The molecule has 2 fully saturated rings. The third-order valence-corrected chi connectivity index (χ3v) is 10.4. The average Bonchev–Trinajstić information content (AvgIpc) is 3.42. The van der Waals surface area contributed by atoms with Gasteiger partial charge in [-0.25, -0.2) is 9.37 Å². The number of aromatic nitrogens is 1. The lowest BCUT2D eigenvalue weighted by atomic mass is 9.51. The van der Waals surface area contributed by atoms with Crippen molar-refractivity contribution in [3.8, 4) is 17.0 Å². The molecule has 230 valence electrons. The number of halogens is 1. The van der Waals surface area contributed by atoms with Crippen molar-refractivity contribution in [1.82, 2.24) is 9.88 Å². The Morgan fingerprint density at radius 1 is 1.09 bits per heavy atom. The normalized spacial score (nSPS) is 29.7. The maximum absolute atomic E-state index is 14.2. The fourth-order valence-corrected chi connectivity index (χ4v) is 8.46. The molecule has 0 radical (unpaired) electrons. The van der Waals surface area contributed by atoms with Crippen LogP contribution in [0, 0.1) is 35.4 Å². The number of Topliss-reactive ketones (excluding diaryl/α,β-unsaturated/α-hetero) is 2. The minimum absolute atomic E-state index is 0.0320. The highest BCUT2D eigenvalue weighted by molar-refractivity contribution is 7.14. The lowest BCUT2D eigenvalue weighted by Crippen LogP contribution is -2.66. The van der Waals surface area contributed by atoms with Crippen LogP contribution in [-0.4, -0.2) is 68.9 Å². The van der Waals surface area contributed by atoms with Gasteiger partial charge in [0.05, 0.1) is 29.0 Å². The zero-order chi connectivity index (χ0) is 31.8. The molecule has 0 bridgehead atoms. The molecule has 6 unspecified atom stereocenters. The van der Waals surface area contributed by atoms with E-state index in [1.165, 1.54) is 23.5 Å². The van der Waals surface area contributed by atoms with Gasteiger partial charge in [0.2, 0.25) is 5.91 Å². The molecule has 1 amide bonds. The van der Waals surface area contributed by atoms with Crippen LogP contribution in [-0.2, 0) is 14.4 Å². The monoisotopic (exact) mass is 620 g/mol. The van der Waals surface area contributed by atoms with Gasteiger partial charge in [-0.3, -0.25) is 14.4 Å². The number of phenolic OH excluding ortho intramolecular Hbond substituents is 1. The minimum Gasteiger partial charge on any atom is -0.507 e. The lowest BCUT2D eigenvalue weighted by molar-refractivity contribution is -0.160. The summed E-state index contributed by atoms with van der Waals surface area (Å²) >= 11 is 1.27. The second-order valence-corrected chi connectivity index (χ2v) is 13.0. The van der Waals surface area contributed by atoms with Gasteiger partial charge < -0.3 is 31.3 Å². The van der Waals surface area contributed by atoms with Gasteiger partial charge >= 0.3 is 0 Å². The summed E-state index contributed by atoms with van der Waals surface area (Å²) in [4.78, 5) is 46.3. The number of nitrogens with one attached hydrogen (secondary N) is 1. The van der Waals surface area contributed by atoms with Gasteiger partial charge in [0.25, 0.3) is 0 Å². The summed E-state index contributed by atoms with van der Waals surface area (Å²) in [5, 5.41) is 39.5. The largest absolute Gasteiger partial charge is 0.507 e. The Kier molecular flexibility index (Phi) is 7.34. The van der Waals surface area contributed by atoms with Crippen LogP contribution >= 0.6 is 11.3 Å². The van der Waals surface area contributed by atoms with Crippen molar-refractivity contribution in [1.29, 1.82) is 0 Å². The molecule has 0 saturated heterocycles. The van der Waals surface area contributed by atoms with Crippen LogP contribution < -0.4 is 11.1 Å². The van der Waals surface area contributed by atoms with Crippen LogP contribution in [0.5, 0.6) is 5.75 Å². The fourth-order valence-electron chi connectivity index (χ4n) is 7.73. The zero-order valence-electron chi connectivity index (χ0n) is 24.5. The number of likely N-dealkylation sites (N-methyl/N-ethyl adjacent to an activating group) is 1. The number of primary amides is 1. The number of phenols is 1. The summed E-state index contributed by atoms with van der Waals surface area (Å²) in [6, 6.07) is 8.66. The summed E-state index contributed by atoms with van der Waals surface area (Å²) in [7, 11) is 3.44. The van der Waals surface area contributed by atoms with Gasteiger partial charge in [0.15, 0.2) is 16.7 Å². The SMILES string of the molecule is CC1C2C(C(=O)C3=C(O)c4c(ccc(Nc5nc(-c6ccc(F)cc6)cs5)c4O)[C@H](C)C31)C(=O)C(C(N)=O)C(O)[C@H]2N(C)C. The number of carbonyl (C=O) groups is 3. The van der Waals surface area contributed by atoms with Gasteiger partial charge in [-0.15, -0.1) is 11.3 Å². The third kappa shape index (κ3) is 4.42. The number of carbonyl (C=O) groups excluding carboxylic acids is 3. The first-order valence-electron chi connectivity index (χ1n) is 14.3. The highest BCUT2D eigenvalue weighted by Crippen LogP contribution is 2.57. The lowest BCUT2D eigenvalue weighted by Gasteiger charge is -2.54. The molecule has 12 heteroatoms. The zero-order valence-corrected chi connectivity index (χ0v) is 25.3. The first-order chi connectivity index (χ1) is 20.8. The Bertz CT molecular complexity index is 1720. The summed E-state index contributed by atoms with van der Waals surface area (Å²) < 4.78 is 13.4. The second-order valence-electron chi connectivity index (χ2n) is 12.2. The molecule has 6 N–H and O–H groups in total. The number of ketones is 2. The van der Waals surface area contributed by atoms with E-state index < -0.39 is 59.1 Å². The molecule has 0 spiro atoms. The predicted octanol–water partition coefficient (Wildman–Crippen LogP) is 3.83. The van der Waals surface area contributed by atoms with Crippen LogP contribution in [0.4, 0.5) is 15.2 Å². The van der Waals surface area contributed by atoms with E-state index in [2.05, 4.69) is 10.3 Å². The van der Waals surface area contributed by atoms with Crippen LogP contribution in [0.25, 0.3) is 17.0 Å². The van der Waals surface area contributed by atoms with Crippen molar-refractivity contribution in [2.24, 2.45) is 35.3 Å². The maximum atomic E-state index is 14.2. The molecule has 1 heterocycles. The third-order valence-electron chi connectivity index (χ3n) is 9.66. The van der Waals surface area contributed by atoms with Crippen molar-refractivity contribution >= 4 is 45.4 Å². The number of nitrogens with zero attached hydrogens (tertiary/aromatic N) is 2. The average molecular weight is 621 g/mol. The number of hydrogen-bond acceptors (Lipinski definition) is 10. The predicted molar refractivity (Wildman–Crippen MR) is 163 cm³/mol. The number of anilines is 2. The van der Waals surface area contributed by atoms with Crippen LogP contribution in [0.1, 0.15) is 30.9 Å². The molecular formula is C32H33FN4O6S. The number of nitrogens with two attached hydrogens (primary N) is 1. The van der Waals surface area contributed by atoms with E-state index in [9.17, 15) is 34.1 Å². The molecule has 1 aromatic heterocycles. The molecule has 44 heavy (non-hydrogen) atoms. The first kappa shape index (κ1) is 29.9. The number of hydrogen-bond donors (Lipinski definition) is 5. The Morgan fingerprint density at radius 3 is 2.41 bits per heavy atom. The standard InChI is InChI=1S/C32H33FN4O6S/c1-12-16-9-10-17(35-32-36-18(11-44-32)14-5-7-15(33)8-6-14)26(38)21(16)27(39)22-19(12)13(2)20-23(28(22)40)29(41)24(31(34)43)30(42)25(20)37(3)4/h5-13,19-20,23-25,30,38-39,42H,1-4H3,(H2,34,43)(H,35,36)/t12-,13?,19?,20?,23?,24?,25-,30?/m0/s1. The molecule has 0 aliphatic heterocycles. The minimum atomic E-state index is -1.56.